The molecule has 3 saturated heterocycles. The SMILES string of the molecule is CC[C@H](C)[C@H](CO)N1C(=O)[C@@H]2[C@@H](C(=O)Nc3ccccc3)[C@H]3CC(C)C2(S3)C1C(=O)Nc1ccc2ccccc2c1. The molecule has 8 heteroatoms. The number of anilines is 2. The van der Waals surface area contributed by atoms with E-state index in [1.54, 1.807) is 16.7 Å². The minimum Gasteiger partial charge on any atom is -0.394 e. The van der Waals surface area contributed by atoms with Gasteiger partial charge in [-0.05, 0) is 53.3 Å². The number of benzene rings is 3. The summed E-state index contributed by atoms with van der Waals surface area (Å²) in [6, 6.07) is 21.7. The number of rotatable bonds is 8. The number of likely N-dealkylation sites (tertiary alicyclic amines) is 1. The van der Waals surface area contributed by atoms with Gasteiger partial charge in [0.2, 0.25) is 17.7 Å². The van der Waals surface area contributed by atoms with Gasteiger partial charge in [0.1, 0.15) is 6.04 Å². The van der Waals surface area contributed by atoms with E-state index in [2.05, 4.69) is 17.6 Å². The number of nitrogens with one attached hydrogen (secondary N) is 2. The third kappa shape index (κ3) is 4.43. The van der Waals surface area contributed by atoms with Gasteiger partial charge in [0.05, 0.1) is 29.2 Å². The quantitative estimate of drug-likeness (QED) is 0.347. The van der Waals surface area contributed by atoms with Gasteiger partial charge in [-0.15, -0.1) is 11.8 Å². The second kappa shape index (κ2) is 10.8. The molecule has 3 heterocycles. The van der Waals surface area contributed by atoms with Crippen LogP contribution in [0, 0.1) is 23.7 Å². The maximum absolute atomic E-state index is 14.5. The lowest BCUT2D eigenvalue weighted by Gasteiger charge is -2.41. The highest BCUT2D eigenvalue weighted by molar-refractivity contribution is 8.02. The Bertz CT molecular complexity index is 1480. The van der Waals surface area contributed by atoms with Crippen molar-refractivity contribution in [1.29, 1.82) is 0 Å². The monoisotopic (exact) mass is 571 g/mol. The van der Waals surface area contributed by atoms with Crippen LogP contribution in [-0.4, -0.2) is 56.4 Å². The second-order valence-electron chi connectivity index (χ2n) is 11.8. The first-order valence-corrected chi connectivity index (χ1v) is 15.4. The van der Waals surface area contributed by atoms with Crippen LogP contribution in [0.25, 0.3) is 10.8 Å². The fraction of sp³-hybridized carbons (Fsp3) is 0.424. The molecule has 7 nitrogen and oxygen atoms in total. The molecule has 3 aliphatic rings. The summed E-state index contributed by atoms with van der Waals surface area (Å²) in [5, 5.41) is 18.8. The molecule has 41 heavy (non-hydrogen) atoms. The van der Waals surface area contributed by atoms with E-state index in [0.717, 1.165) is 23.6 Å². The Balaban J connectivity index is 1.39. The molecule has 8 atom stereocenters. The third-order valence-corrected chi connectivity index (χ3v) is 11.7. The molecule has 3 aromatic rings. The smallest absolute Gasteiger partial charge is 0.248 e. The lowest BCUT2D eigenvalue weighted by atomic mass is 9.66. The molecule has 6 rings (SSSR count). The molecule has 3 amide bonds. The van der Waals surface area contributed by atoms with Crippen LogP contribution in [-0.2, 0) is 14.4 Å². The van der Waals surface area contributed by atoms with Crippen molar-refractivity contribution in [3.05, 3.63) is 72.8 Å². The fourth-order valence-corrected chi connectivity index (χ4v) is 9.86. The molecule has 214 valence electrons. The van der Waals surface area contributed by atoms with Crippen molar-refractivity contribution in [3.8, 4) is 0 Å². The van der Waals surface area contributed by atoms with Crippen molar-refractivity contribution >= 4 is 51.6 Å². The van der Waals surface area contributed by atoms with E-state index in [4.69, 9.17) is 0 Å². The topological polar surface area (TPSA) is 98.7 Å². The minimum atomic E-state index is -0.808. The van der Waals surface area contributed by atoms with E-state index in [0.29, 0.717) is 11.4 Å². The lowest BCUT2D eigenvalue weighted by Crippen LogP contribution is -2.58. The molecule has 3 aromatic carbocycles. The number of hydrogen-bond donors (Lipinski definition) is 3. The zero-order valence-electron chi connectivity index (χ0n) is 23.6. The van der Waals surface area contributed by atoms with Gasteiger partial charge in [0, 0.05) is 16.6 Å². The molecule has 3 unspecified atom stereocenters. The van der Waals surface area contributed by atoms with Crippen molar-refractivity contribution < 1.29 is 19.5 Å². The number of carbonyl (C=O) groups is 3. The maximum Gasteiger partial charge on any atom is 0.248 e. The highest BCUT2D eigenvalue weighted by Gasteiger charge is 2.76. The molecule has 0 aromatic heterocycles. The Labute approximate surface area is 245 Å². The van der Waals surface area contributed by atoms with Gasteiger partial charge in [-0.3, -0.25) is 14.4 Å². The van der Waals surface area contributed by atoms with Crippen molar-refractivity contribution in [3.63, 3.8) is 0 Å². The maximum atomic E-state index is 14.5. The van der Waals surface area contributed by atoms with E-state index < -0.39 is 28.7 Å². The van der Waals surface area contributed by atoms with Gasteiger partial charge in [0.15, 0.2) is 0 Å². The van der Waals surface area contributed by atoms with Crippen LogP contribution in [0.1, 0.15) is 33.6 Å². The number of thioether (sulfide) groups is 1. The van der Waals surface area contributed by atoms with E-state index >= 15 is 0 Å². The first-order chi connectivity index (χ1) is 19.8. The predicted molar refractivity (Wildman–Crippen MR) is 163 cm³/mol. The Morgan fingerprint density at radius 2 is 1.68 bits per heavy atom. The minimum absolute atomic E-state index is 0.0238. The van der Waals surface area contributed by atoms with Crippen molar-refractivity contribution in [2.75, 3.05) is 17.2 Å². The molecule has 0 radical (unpaired) electrons. The second-order valence-corrected chi connectivity index (χ2v) is 13.4. The first-order valence-electron chi connectivity index (χ1n) is 14.6. The summed E-state index contributed by atoms with van der Waals surface area (Å²) in [5.41, 5.74) is 1.35. The molecule has 0 saturated carbocycles. The van der Waals surface area contributed by atoms with Crippen LogP contribution < -0.4 is 10.6 Å². The number of hydrogen-bond acceptors (Lipinski definition) is 5. The van der Waals surface area contributed by atoms with Gasteiger partial charge in [-0.25, -0.2) is 0 Å². The highest BCUT2D eigenvalue weighted by Crippen LogP contribution is 2.69. The highest BCUT2D eigenvalue weighted by atomic mass is 32.2. The Morgan fingerprint density at radius 1 is 1.00 bits per heavy atom. The summed E-state index contributed by atoms with van der Waals surface area (Å²) >= 11 is 1.64. The molecular weight excluding hydrogens is 534 g/mol. The normalized spacial score (nSPS) is 29.8. The Hall–Kier alpha value is -3.36. The van der Waals surface area contributed by atoms with Crippen molar-refractivity contribution in [2.24, 2.45) is 23.7 Å². The molecule has 3 N–H and O–H groups in total. The van der Waals surface area contributed by atoms with Gasteiger partial charge in [0.25, 0.3) is 0 Å². The van der Waals surface area contributed by atoms with Gasteiger partial charge in [-0.1, -0.05) is 75.7 Å². The Kier molecular flexibility index (Phi) is 7.32. The summed E-state index contributed by atoms with van der Waals surface area (Å²) in [6.45, 7) is 5.89. The van der Waals surface area contributed by atoms with Crippen LogP contribution in [0.15, 0.2) is 72.8 Å². The summed E-state index contributed by atoms with van der Waals surface area (Å²) in [5.74, 6) is -1.82. The summed E-state index contributed by atoms with van der Waals surface area (Å²) in [6.07, 6.45) is 1.50. The zero-order valence-corrected chi connectivity index (χ0v) is 24.4. The summed E-state index contributed by atoms with van der Waals surface area (Å²) in [7, 11) is 0. The first kappa shape index (κ1) is 27.8. The van der Waals surface area contributed by atoms with E-state index in [-0.39, 0.29) is 41.4 Å². The molecule has 0 aliphatic carbocycles. The molecular formula is C33H37N3O4S. The average molecular weight is 572 g/mol. The zero-order chi connectivity index (χ0) is 28.9. The van der Waals surface area contributed by atoms with Gasteiger partial charge < -0.3 is 20.6 Å². The van der Waals surface area contributed by atoms with Crippen LogP contribution in [0.3, 0.4) is 0 Å². The van der Waals surface area contributed by atoms with Gasteiger partial charge >= 0.3 is 0 Å². The van der Waals surface area contributed by atoms with E-state index in [1.165, 1.54) is 0 Å². The summed E-state index contributed by atoms with van der Waals surface area (Å²) in [4.78, 5) is 44.3. The number of aliphatic hydroxyl groups is 1. The largest absolute Gasteiger partial charge is 0.394 e. The predicted octanol–water partition coefficient (Wildman–Crippen LogP) is 5.16. The number of para-hydroxylation sites is 1. The molecule has 3 aliphatic heterocycles. The number of aliphatic hydroxyl groups excluding tert-OH is 1. The van der Waals surface area contributed by atoms with Gasteiger partial charge in [-0.2, -0.15) is 0 Å². The van der Waals surface area contributed by atoms with Crippen LogP contribution in [0.2, 0.25) is 0 Å². The number of nitrogens with zero attached hydrogens (tertiary/aromatic N) is 1. The molecule has 1 spiro atoms. The molecule has 2 bridgehead atoms. The summed E-state index contributed by atoms with van der Waals surface area (Å²) < 4.78 is -0.762. The molecule has 3 fully saturated rings. The van der Waals surface area contributed by atoms with Crippen LogP contribution in [0.4, 0.5) is 11.4 Å². The average Bonchev–Trinajstić information content (AvgIpc) is 3.57. The number of carbonyl (C=O) groups excluding carboxylic acids is 3. The van der Waals surface area contributed by atoms with Crippen LogP contribution >= 0.6 is 11.8 Å². The van der Waals surface area contributed by atoms with E-state index in [1.807, 2.05) is 86.6 Å². The number of amides is 3. The third-order valence-electron chi connectivity index (χ3n) is 9.64. The fourth-order valence-electron chi connectivity index (χ4n) is 7.46. The van der Waals surface area contributed by atoms with Crippen molar-refractivity contribution in [1.82, 2.24) is 4.90 Å². The van der Waals surface area contributed by atoms with Crippen LogP contribution in [0.5, 0.6) is 0 Å². The lowest BCUT2D eigenvalue weighted by molar-refractivity contribution is -0.142. The van der Waals surface area contributed by atoms with Crippen molar-refractivity contribution in [2.45, 2.75) is 55.7 Å². The standard InChI is InChI=1S/C33H37N3O4S/c1-4-19(2)25(18-37)36-29(31(39)35-24-15-14-21-10-8-9-11-22(21)17-24)33-20(3)16-26(41-33)27(28(33)32(36)40)30(38)34-23-12-6-5-7-13-23/h5-15,17,19-20,25-29,37H,4,16,18H2,1-3H3,(H,34,38)(H,35,39)/t19-,20?,25-,26+,27-,28-,29?,33?/m0/s1. The Morgan fingerprint density at radius 3 is 2.39 bits per heavy atom. The van der Waals surface area contributed by atoms with E-state index in [9.17, 15) is 19.5 Å². The number of fused-ring (bicyclic) bond motifs is 2.